The number of terminal acetylenes is 1. The number of hydrogen-bond acceptors (Lipinski definition) is 2. The Hall–Kier alpha value is -1.27. The van der Waals surface area contributed by atoms with Crippen LogP contribution in [0.25, 0.3) is 0 Å². The van der Waals surface area contributed by atoms with Crippen LogP contribution in [-0.2, 0) is 4.79 Å². The quantitative estimate of drug-likeness (QED) is 0.281. The SMILES string of the molecule is C#C[C@@H](O)[C@H](CCCCCC/C=C\CCCCCC)C(=O)O. The molecule has 0 saturated carbocycles. The van der Waals surface area contributed by atoms with Gasteiger partial charge in [-0.3, -0.25) is 4.79 Å². The van der Waals surface area contributed by atoms with Gasteiger partial charge < -0.3 is 10.2 Å². The average molecular weight is 308 g/mol. The van der Waals surface area contributed by atoms with Crippen LogP contribution < -0.4 is 0 Å². The van der Waals surface area contributed by atoms with E-state index in [-0.39, 0.29) is 0 Å². The molecule has 0 aromatic carbocycles. The molecule has 0 saturated heterocycles. The molecular weight excluding hydrogens is 276 g/mol. The van der Waals surface area contributed by atoms with Crippen molar-refractivity contribution < 1.29 is 15.0 Å². The first-order valence-corrected chi connectivity index (χ1v) is 8.65. The Morgan fingerprint density at radius 1 is 1.05 bits per heavy atom. The highest BCUT2D eigenvalue weighted by molar-refractivity contribution is 5.71. The highest BCUT2D eigenvalue weighted by Gasteiger charge is 2.23. The minimum Gasteiger partial charge on any atom is -0.481 e. The molecule has 0 heterocycles. The van der Waals surface area contributed by atoms with E-state index in [4.69, 9.17) is 11.5 Å². The maximum atomic E-state index is 11.0. The van der Waals surface area contributed by atoms with Crippen molar-refractivity contribution in [1.82, 2.24) is 0 Å². The maximum absolute atomic E-state index is 11.0. The largest absolute Gasteiger partial charge is 0.481 e. The number of aliphatic carboxylic acids is 1. The molecule has 0 rings (SSSR count). The summed E-state index contributed by atoms with van der Waals surface area (Å²) in [5, 5.41) is 18.4. The summed E-state index contributed by atoms with van der Waals surface area (Å²) < 4.78 is 0. The number of carbonyl (C=O) groups is 1. The minimum absolute atomic E-state index is 0.452. The summed E-state index contributed by atoms with van der Waals surface area (Å²) >= 11 is 0. The van der Waals surface area contributed by atoms with E-state index in [0.717, 1.165) is 32.1 Å². The van der Waals surface area contributed by atoms with Crippen LogP contribution in [0.5, 0.6) is 0 Å². The van der Waals surface area contributed by atoms with Gasteiger partial charge in [-0.2, -0.15) is 0 Å². The molecule has 0 aliphatic rings. The molecule has 0 radical (unpaired) electrons. The third kappa shape index (κ3) is 11.4. The highest BCUT2D eigenvalue weighted by atomic mass is 16.4. The van der Waals surface area contributed by atoms with Gasteiger partial charge in [-0.15, -0.1) is 6.42 Å². The lowest BCUT2D eigenvalue weighted by Gasteiger charge is -2.13. The smallest absolute Gasteiger partial charge is 0.310 e. The van der Waals surface area contributed by atoms with E-state index in [1.165, 1.54) is 32.1 Å². The maximum Gasteiger partial charge on any atom is 0.310 e. The lowest BCUT2D eigenvalue weighted by atomic mass is 9.95. The summed E-state index contributed by atoms with van der Waals surface area (Å²) in [4.78, 5) is 11.0. The van der Waals surface area contributed by atoms with Crippen molar-refractivity contribution in [1.29, 1.82) is 0 Å². The molecular formula is C19H32O3. The van der Waals surface area contributed by atoms with Crippen molar-refractivity contribution in [2.45, 2.75) is 83.7 Å². The topological polar surface area (TPSA) is 57.5 Å². The Kier molecular flexibility index (Phi) is 13.8. The monoisotopic (exact) mass is 308 g/mol. The van der Waals surface area contributed by atoms with Crippen LogP contribution in [0.1, 0.15) is 77.6 Å². The first-order valence-electron chi connectivity index (χ1n) is 8.65. The number of carboxylic acids is 1. The van der Waals surface area contributed by atoms with Crippen LogP contribution in [0.15, 0.2) is 12.2 Å². The zero-order valence-corrected chi connectivity index (χ0v) is 14.0. The van der Waals surface area contributed by atoms with E-state index in [2.05, 4.69) is 25.0 Å². The molecule has 3 nitrogen and oxygen atoms in total. The van der Waals surface area contributed by atoms with Crippen molar-refractivity contribution in [3.8, 4) is 12.3 Å². The fourth-order valence-electron chi connectivity index (χ4n) is 2.44. The first-order chi connectivity index (χ1) is 10.6. The second-order valence-electron chi connectivity index (χ2n) is 5.87. The number of allylic oxidation sites excluding steroid dienone is 2. The summed E-state index contributed by atoms with van der Waals surface area (Å²) in [5.41, 5.74) is 0. The second kappa shape index (κ2) is 14.7. The molecule has 0 aromatic rings. The molecule has 22 heavy (non-hydrogen) atoms. The molecule has 0 aliphatic heterocycles. The normalized spacial score (nSPS) is 13.9. The third-order valence-electron chi connectivity index (χ3n) is 3.90. The van der Waals surface area contributed by atoms with Gasteiger partial charge in [-0.05, 0) is 32.1 Å². The lowest BCUT2D eigenvalue weighted by Crippen LogP contribution is -2.26. The van der Waals surface area contributed by atoms with Crippen molar-refractivity contribution >= 4 is 5.97 Å². The van der Waals surface area contributed by atoms with E-state index < -0.39 is 18.0 Å². The number of aliphatic hydroxyl groups excluding tert-OH is 1. The van der Waals surface area contributed by atoms with E-state index >= 15 is 0 Å². The fourth-order valence-corrected chi connectivity index (χ4v) is 2.44. The Bertz CT molecular complexity index is 341. The minimum atomic E-state index is -1.17. The van der Waals surface area contributed by atoms with Crippen LogP contribution in [0.3, 0.4) is 0 Å². The molecule has 0 spiro atoms. The standard InChI is InChI=1S/C19H32O3/c1-3-5-6-7-8-9-10-11-12-13-14-15-16-17(19(21)22)18(20)4-2/h2,9-10,17-18,20H,3,5-8,11-16H2,1H3,(H,21,22)/b10-9-/t17-,18+/m0/s1. The van der Waals surface area contributed by atoms with Crippen molar-refractivity contribution in [3.05, 3.63) is 12.2 Å². The molecule has 0 amide bonds. The van der Waals surface area contributed by atoms with Gasteiger partial charge >= 0.3 is 5.97 Å². The van der Waals surface area contributed by atoms with E-state index in [9.17, 15) is 9.90 Å². The molecule has 2 N–H and O–H groups in total. The summed E-state index contributed by atoms with van der Waals surface area (Å²) in [7, 11) is 0. The predicted octanol–water partition coefficient (Wildman–Crippen LogP) is 4.55. The Balaban J connectivity index is 3.51. The molecule has 0 fully saturated rings. The van der Waals surface area contributed by atoms with E-state index in [0.29, 0.717) is 6.42 Å². The number of aliphatic hydroxyl groups is 1. The summed E-state index contributed by atoms with van der Waals surface area (Å²) in [5.74, 6) is 0.276. The lowest BCUT2D eigenvalue weighted by molar-refractivity contribution is -0.144. The summed E-state index contributed by atoms with van der Waals surface area (Å²) in [6, 6.07) is 0. The zero-order chi connectivity index (χ0) is 16.6. The van der Waals surface area contributed by atoms with Crippen LogP contribution in [-0.4, -0.2) is 22.3 Å². The number of unbranched alkanes of at least 4 members (excludes halogenated alkanes) is 8. The van der Waals surface area contributed by atoms with Crippen LogP contribution in [0.2, 0.25) is 0 Å². The van der Waals surface area contributed by atoms with Gasteiger partial charge in [0.15, 0.2) is 0 Å². The highest BCUT2D eigenvalue weighted by Crippen LogP contribution is 2.15. The zero-order valence-electron chi connectivity index (χ0n) is 14.0. The van der Waals surface area contributed by atoms with Crippen LogP contribution >= 0.6 is 0 Å². The second-order valence-corrected chi connectivity index (χ2v) is 5.87. The van der Waals surface area contributed by atoms with Crippen molar-refractivity contribution in [2.24, 2.45) is 5.92 Å². The molecule has 126 valence electrons. The van der Waals surface area contributed by atoms with Gasteiger partial charge in [-0.25, -0.2) is 0 Å². The molecule has 0 aromatic heterocycles. The van der Waals surface area contributed by atoms with Crippen molar-refractivity contribution in [3.63, 3.8) is 0 Å². The third-order valence-corrected chi connectivity index (χ3v) is 3.90. The number of hydrogen-bond donors (Lipinski definition) is 2. The molecule has 2 atom stereocenters. The predicted molar refractivity (Wildman–Crippen MR) is 91.6 cm³/mol. The van der Waals surface area contributed by atoms with E-state index in [1.807, 2.05) is 0 Å². The van der Waals surface area contributed by atoms with Gasteiger partial charge in [0, 0.05) is 0 Å². The van der Waals surface area contributed by atoms with Gasteiger partial charge in [0.1, 0.15) is 6.10 Å². The average Bonchev–Trinajstić information content (AvgIpc) is 2.51. The van der Waals surface area contributed by atoms with Gasteiger partial charge in [0.25, 0.3) is 0 Å². The number of carboxylic acid groups (broad SMARTS) is 1. The van der Waals surface area contributed by atoms with Gasteiger partial charge in [0.05, 0.1) is 5.92 Å². The van der Waals surface area contributed by atoms with Crippen LogP contribution in [0, 0.1) is 18.3 Å². The van der Waals surface area contributed by atoms with Gasteiger partial charge in [-0.1, -0.05) is 63.5 Å². The molecule has 0 bridgehead atoms. The summed E-state index contributed by atoms with van der Waals surface area (Å²) in [6.45, 7) is 2.22. The Labute approximate surface area is 135 Å². The summed E-state index contributed by atoms with van der Waals surface area (Å²) in [6.07, 6.45) is 20.4. The molecule has 3 heteroatoms. The number of rotatable bonds is 14. The fraction of sp³-hybridized carbons (Fsp3) is 0.737. The molecule has 0 unspecified atom stereocenters. The Morgan fingerprint density at radius 3 is 2.09 bits per heavy atom. The Morgan fingerprint density at radius 2 is 1.59 bits per heavy atom. The van der Waals surface area contributed by atoms with Crippen molar-refractivity contribution in [2.75, 3.05) is 0 Å². The van der Waals surface area contributed by atoms with E-state index in [1.54, 1.807) is 0 Å². The molecule has 0 aliphatic carbocycles. The van der Waals surface area contributed by atoms with Crippen LogP contribution in [0.4, 0.5) is 0 Å². The first kappa shape index (κ1) is 20.7. The van der Waals surface area contributed by atoms with Gasteiger partial charge in [0.2, 0.25) is 0 Å².